The molecule has 2 N–H and O–H groups in total. The lowest BCUT2D eigenvalue weighted by Crippen LogP contribution is -2.12. The zero-order valence-electron chi connectivity index (χ0n) is 11.0. The molecule has 1 unspecified atom stereocenters. The van der Waals surface area contributed by atoms with Gasteiger partial charge < -0.3 is 10.4 Å². The van der Waals surface area contributed by atoms with Gasteiger partial charge in [0.2, 0.25) is 0 Å². The van der Waals surface area contributed by atoms with E-state index < -0.39 is 11.9 Å². The number of aliphatic hydroxyl groups is 1. The molecule has 0 bridgehead atoms. The summed E-state index contributed by atoms with van der Waals surface area (Å²) < 4.78 is 13.1. The van der Waals surface area contributed by atoms with Gasteiger partial charge in [-0.1, -0.05) is 12.1 Å². The van der Waals surface area contributed by atoms with Gasteiger partial charge in [-0.2, -0.15) is 10.5 Å². The van der Waals surface area contributed by atoms with Crippen LogP contribution in [0.2, 0.25) is 0 Å². The van der Waals surface area contributed by atoms with Gasteiger partial charge in [0, 0.05) is 12.2 Å². The van der Waals surface area contributed by atoms with Crippen LogP contribution in [0.25, 0.3) is 0 Å². The Labute approximate surface area is 121 Å². The smallest absolute Gasteiger partial charge is 0.123 e. The Kier molecular flexibility index (Phi) is 4.50. The second-order valence-corrected chi connectivity index (χ2v) is 4.44. The molecule has 4 nitrogen and oxygen atoms in total. The van der Waals surface area contributed by atoms with Gasteiger partial charge in [0.25, 0.3) is 0 Å². The summed E-state index contributed by atoms with van der Waals surface area (Å²) in [5, 5.41) is 30.7. The van der Waals surface area contributed by atoms with Crippen LogP contribution >= 0.6 is 0 Å². The summed E-state index contributed by atoms with van der Waals surface area (Å²) in [4.78, 5) is 0. The number of rotatable bonds is 4. The van der Waals surface area contributed by atoms with Crippen molar-refractivity contribution in [2.75, 3.05) is 11.9 Å². The zero-order chi connectivity index (χ0) is 15.2. The van der Waals surface area contributed by atoms with Crippen molar-refractivity contribution in [3.63, 3.8) is 0 Å². The van der Waals surface area contributed by atoms with Gasteiger partial charge in [-0.05, 0) is 35.9 Å². The van der Waals surface area contributed by atoms with E-state index in [4.69, 9.17) is 10.5 Å². The summed E-state index contributed by atoms with van der Waals surface area (Å²) in [6.07, 6.45) is -0.873. The van der Waals surface area contributed by atoms with E-state index in [1.807, 2.05) is 12.1 Å². The number of hydrogen-bond acceptors (Lipinski definition) is 4. The van der Waals surface area contributed by atoms with E-state index in [2.05, 4.69) is 5.32 Å². The molecule has 0 aliphatic rings. The van der Waals surface area contributed by atoms with Gasteiger partial charge in [-0.3, -0.25) is 0 Å². The van der Waals surface area contributed by atoms with Crippen molar-refractivity contribution < 1.29 is 9.50 Å². The third-order valence-corrected chi connectivity index (χ3v) is 2.99. The molecule has 2 rings (SSSR count). The van der Waals surface area contributed by atoms with Crippen molar-refractivity contribution in [1.29, 1.82) is 10.5 Å². The zero-order valence-corrected chi connectivity index (χ0v) is 11.0. The predicted octanol–water partition coefficient (Wildman–Crippen LogP) is 2.71. The van der Waals surface area contributed by atoms with Gasteiger partial charge in [-0.25, -0.2) is 4.39 Å². The first kappa shape index (κ1) is 14.5. The van der Waals surface area contributed by atoms with Gasteiger partial charge >= 0.3 is 0 Å². The van der Waals surface area contributed by atoms with E-state index >= 15 is 0 Å². The summed E-state index contributed by atoms with van der Waals surface area (Å²) in [5.41, 5.74) is 1.65. The predicted molar refractivity (Wildman–Crippen MR) is 75.7 cm³/mol. The molecular weight excluding hydrogens is 269 g/mol. The fourth-order valence-corrected chi connectivity index (χ4v) is 1.89. The molecule has 0 radical (unpaired) electrons. The highest BCUT2D eigenvalue weighted by atomic mass is 19.1. The Morgan fingerprint density at radius 3 is 2.52 bits per heavy atom. The summed E-state index contributed by atoms with van der Waals surface area (Å²) in [6.45, 7) is 0.167. The molecule has 0 aromatic heterocycles. The molecule has 5 heteroatoms. The van der Waals surface area contributed by atoms with Crippen LogP contribution < -0.4 is 5.32 Å². The molecule has 21 heavy (non-hydrogen) atoms. The first-order chi connectivity index (χ1) is 10.1. The number of nitrogens with zero attached hydrogens (tertiary/aromatic N) is 2. The topological polar surface area (TPSA) is 79.8 Å². The summed E-state index contributed by atoms with van der Waals surface area (Å²) in [6, 6.07) is 14.3. The van der Waals surface area contributed by atoms with Crippen LogP contribution in [-0.4, -0.2) is 11.7 Å². The Balaban J connectivity index is 2.07. The van der Waals surface area contributed by atoms with E-state index in [1.54, 1.807) is 12.1 Å². The Morgan fingerprint density at radius 2 is 1.86 bits per heavy atom. The number of nitrogens with one attached hydrogen (secondary N) is 1. The monoisotopic (exact) mass is 281 g/mol. The van der Waals surface area contributed by atoms with Crippen molar-refractivity contribution >= 4 is 5.69 Å². The molecule has 0 fully saturated rings. The fourth-order valence-electron chi connectivity index (χ4n) is 1.89. The van der Waals surface area contributed by atoms with Crippen molar-refractivity contribution in [3.05, 3.63) is 65.0 Å². The van der Waals surface area contributed by atoms with Gasteiger partial charge in [0.05, 0.1) is 17.2 Å². The van der Waals surface area contributed by atoms with Crippen LogP contribution in [0.5, 0.6) is 0 Å². The Bertz CT molecular complexity index is 731. The normalized spacial score (nSPS) is 11.2. The maximum absolute atomic E-state index is 13.1. The van der Waals surface area contributed by atoms with E-state index in [1.165, 1.54) is 30.3 Å². The molecule has 2 aromatic carbocycles. The van der Waals surface area contributed by atoms with Crippen molar-refractivity contribution in [2.45, 2.75) is 6.10 Å². The molecule has 0 saturated heterocycles. The number of anilines is 1. The number of nitriles is 2. The second kappa shape index (κ2) is 6.51. The maximum atomic E-state index is 13.1. The molecule has 0 aliphatic heterocycles. The van der Waals surface area contributed by atoms with Crippen molar-refractivity contribution in [3.8, 4) is 12.1 Å². The van der Waals surface area contributed by atoms with E-state index in [0.29, 0.717) is 16.8 Å². The molecule has 0 spiro atoms. The Hall–Kier alpha value is -2.89. The van der Waals surface area contributed by atoms with Crippen LogP contribution in [0.15, 0.2) is 42.5 Å². The largest absolute Gasteiger partial charge is 0.387 e. The van der Waals surface area contributed by atoms with Gasteiger partial charge in [0.1, 0.15) is 18.0 Å². The lowest BCUT2D eigenvalue weighted by atomic mass is 10.1. The van der Waals surface area contributed by atoms with Crippen molar-refractivity contribution in [2.24, 2.45) is 0 Å². The summed E-state index contributed by atoms with van der Waals surface area (Å²) in [5.74, 6) is -0.406. The van der Waals surface area contributed by atoms with Crippen LogP contribution in [-0.2, 0) is 0 Å². The minimum absolute atomic E-state index is 0.167. The Morgan fingerprint density at radius 1 is 1.10 bits per heavy atom. The standard InChI is InChI=1S/C16H12FN3O/c17-14-3-1-2-11(6-14)16(21)10-20-15-5-4-12(8-18)13(7-15)9-19/h1-7,16,20-21H,10H2. The SMILES string of the molecule is N#Cc1ccc(NCC(O)c2cccc(F)c2)cc1C#N. The number of benzene rings is 2. The number of hydrogen-bond donors (Lipinski definition) is 2. The number of aliphatic hydroxyl groups excluding tert-OH is 1. The van der Waals surface area contributed by atoms with E-state index in [9.17, 15) is 9.50 Å². The minimum atomic E-state index is -0.873. The lowest BCUT2D eigenvalue weighted by Gasteiger charge is -2.13. The molecule has 0 amide bonds. The lowest BCUT2D eigenvalue weighted by molar-refractivity contribution is 0.191. The third-order valence-electron chi connectivity index (χ3n) is 2.99. The highest BCUT2D eigenvalue weighted by molar-refractivity contribution is 5.56. The van der Waals surface area contributed by atoms with E-state index in [0.717, 1.165) is 0 Å². The highest BCUT2D eigenvalue weighted by Gasteiger charge is 2.09. The number of halogens is 1. The van der Waals surface area contributed by atoms with Crippen molar-refractivity contribution in [1.82, 2.24) is 0 Å². The van der Waals surface area contributed by atoms with Gasteiger partial charge in [0.15, 0.2) is 0 Å². The van der Waals surface area contributed by atoms with E-state index in [-0.39, 0.29) is 12.1 Å². The molecule has 0 saturated carbocycles. The average molecular weight is 281 g/mol. The fraction of sp³-hybridized carbons (Fsp3) is 0.125. The second-order valence-electron chi connectivity index (χ2n) is 4.44. The van der Waals surface area contributed by atoms with Crippen LogP contribution in [0.3, 0.4) is 0 Å². The molecule has 2 aromatic rings. The molecule has 104 valence electrons. The van der Waals surface area contributed by atoms with Crippen LogP contribution in [0, 0.1) is 28.5 Å². The highest BCUT2D eigenvalue weighted by Crippen LogP contribution is 2.18. The molecule has 0 heterocycles. The summed E-state index contributed by atoms with van der Waals surface area (Å²) >= 11 is 0. The summed E-state index contributed by atoms with van der Waals surface area (Å²) in [7, 11) is 0. The van der Waals surface area contributed by atoms with Gasteiger partial charge in [-0.15, -0.1) is 0 Å². The molecular formula is C16H12FN3O. The first-order valence-electron chi connectivity index (χ1n) is 6.25. The third kappa shape index (κ3) is 3.56. The quantitative estimate of drug-likeness (QED) is 0.903. The average Bonchev–Trinajstić information content (AvgIpc) is 2.52. The minimum Gasteiger partial charge on any atom is -0.387 e. The van der Waals surface area contributed by atoms with Crippen LogP contribution in [0.1, 0.15) is 22.8 Å². The maximum Gasteiger partial charge on any atom is 0.123 e. The first-order valence-corrected chi connectivity index (χ1v) is 6.25. The molecule has 1 atom stereocenters. The molecule has 0 aliphatic carbocycles. The van der Waals surface area contributed by atoms with Crippen LogP contribution in [0.4, 0.5) is 10.1 Å².